The smallest absolute Gasteiger partial charge is 0.315 e. The van der Waals surface area contributed by atoms with E-state index in [1.807, 2.05) is 6.92 Å². The van der Waals surface area contributed by atoms with Crippen molar-refractivity contribution in [2.45, 2.75) is 32.8 Å². The molecule has 0 aromatic heterocycles. The van der Waals surface area contributed by atoms with Gasteiger partial charge in [0.15, 0.2) is 0 Å². The zero-order chi connectivity index (χ0) is 10.3. The molecule has 0 bridgehead atoms. The molecule has 2 unspecified atom stereocenters. The van der Waals surface area contributed by atoms with Crippen molar-refractivity contribution in [3.63, 3.8) is 0 Å². The Balaban J connectivity index is 4.14. The van der Waals surface area contributed by atoms with Gasteiger partial charge >= 0.3 is 5.97 Å². The SMILES string of the molecule is C=CC(C(=O)OCC)C(O)CCC. The number of hydrogen-bond acceptors (Lipinski definition) is 3. The van der Waals surface area contributed by atoms with Gasteiger partial charge in [0.2, 0.25) is 0 Å². The van der Waals surface area contributed by atoms with Crippen molar-refractivity contribution in [3.8, 4) is 0 Å². The average Bonchev–Trinajstić information content (AvgIpc) is 2.06. The van der Waals surface area contributed by atoms with E-state index in [1.165, 1.54) is 6.08 Å². The predicted octanol–water partition coefficient (Wildman–Crippen LogP) is 1.51. The number of aliphatic hydroxyl groups excluding tert-OH is 1. The lowest BCUT2D eigenvalue weighted by Gasteiger charge is -2.16. The first-order valence-electron chi connectivity index (χ1n) is 4.64. The third-order valence-electron chi connectivity index (χ3n) is 1.81. The van der Waals surface area contributed by atoms with E-state index < -0.39 is 18.0 Å². The Labute approximate surface area is 79.4 Å². The topological polar surface area (TPSA) is 46.5 Å². The number of aliphatic hydroxyl groups is 1. The van der Waals surface area contributed by atoms with E-state index in [4.69, 9.17) is 4.74 Å². The molecule has 0 aliphatic heterocycles. The molecule has 0 saturated carbocycles. The summed E-state index contributed by atoms with van der Waals surface area (Å²) in [6, 6.07) is 0. The minimum atomic E-state index is -0.665. The molecule has 0 aliphatic carbocycles. The molecule has 0 aliphatic rings. The summed E-state index contributed by atoms with van der Waals surface area (Å²) < 4.78 is 4.79. The zero-order valence-corrected chi connectivity index (χ0v) is 8.32. The lowest BCUT2D eigenvalue weighted by atomic mass is 9.99. The average molecular weight is 186 g/mol. The molecule has 0 fully saturated rings. The summed E-state index contributed by atoms with van der Waals surface area (Å²) in [5.74, 6) is -0.974. The number of rotatable bonds is 6. The molecule has 76 valence electrons. The van der Waals surface area contributed by atoms with Crippen LogP contribution < -0.4 is 0 Å². The van der Waals surface area contributed by atoms with Crippen molar-refractivity contribution in [2.24, 2.45) is 5.92 Å². The van der Waals surface area contributed by atoms with Crippen molar-refractivity contribution in [1.82, 2.24) is 0 Å². The van der Waals surface area contributed by atoms with E-state index in [0.29, 0.717) is 13.0 Å². The maximum Gasteiger partial charge on any atom is 0.315 e. The molecule has 0 aromatic rings. The summed E-state index contributed by atoms with van der Waals surface area (Å²) in [6.07, 6.45) is 2.21. The molecule has 0 rings (SSSR count). The molecular weight excluding hydrogens is 168 g/mol. The third-order valence-corrected chi connectivity index (χ3v) is 1.81. The van der Waals surface area contributed by atoms with E-state index >= 15 is 0 Å². The van der Waals surface area contributed by atoms with Gasteiger partial charge in [-0.2, -0.15) is 0 Å². The quantitative estimate of drug-likeness (QED) is 0.505. The highest BCUT2D eigenvalue weighted by Gasteiger charge is 2.23. The van der Waals surface area contributed by atoms with Gasteiger partial charge in [-0.15, -0.1) is 6.58 Å². The first-order valence-corrected chi connectivity index (χ1v) is 4.64. The van der Waals surface area contributed by atoms with Gasteiger partial charge in [0.05, 0.1) is 12.7 Å². The highest BCUT2D eigenvalue weighted by molar-refractivity contribution is 5.75. The molecule has 0 radical (unpaired) electrons. The van der Waals surface area contributed by atoms with Crippen molar-refractivity contribution >= 4 is 5.97 Å². The lowest BCUT2D eigenvalue weighted by Crippen LogP contribution is -2.28. The number of hydrogen-bond donors (Lipinski definition) is 1. The highest BCUT2D eigenvalue weighted by atomic mass is 16.5. The summed E-state index contributed by atoms with van der Waals surface area (Å²) in [5.41, 5.74) is 0. The molecule has 0 amide bonds. The van der Waals surface area contributed by atoms with E-state index in [1.54, 1.807) is 6.92 Å². The van der Waals surface area contributed by atoms with Crippen LogP contribution in [0.3, 0.4) is 0 Å². The highest BCUT2D eigenvalue weighted by Crippen LogP contribution is 2.12. The fourth-order valence-electron chi connectivity index (χ4n) is 1.12. The molecule has 2 atom stereocenters. The Hall–Kier alpha value is -0.830. The Morgan fingerprint density at radius 3 is 2.62 bits per heavy atom. The monoisotopic (exact) mass is 186 g/mol. The van der Waals surface area contributed by atoms with E-state index in [0.717, 1.165) is 6.42 Å². The molecule has 1 N–H and O–H groups in total. The molecular formula is C10H18O3. The normalized spacial score (nSPS) is 14.7. The Morgan fingerprint density at radius 2 is 2.23 bits per heavy atom. The second kappa shape index (κ2) is 6.66. The van der Waals surface area contributed by atoms with Crippen LogP contribution in [0.1, 0.15) is 26.7 Å². The summed E-state index contributed by atoms with van der Waals surface area (Å²) in [6.45, 7) is 7.54. The van der Waals surface area contributed by atoms with Crippen LogP contribution in [0.25, 0.3) is 0 Å². The van der Waals surface area contributed by atoms with Crippen LogP contribution in [-0.4, -0.2) is 23.8 Å². The van der Waals surface area contributed by atoms with Crippen molar-refractivity contribution < 1.29 is 14.6 Å². The first kappa shape index (κ1) is 12.2. The van der Waals surface area contributed by atoms with Gasteiger partial charge in [0.1, 0.15) is 5.92 Å². The van der Waals surface area contributed by atoms with Gasteiger partial charge in [-0.25, -0.2) is 0 Å². The van der Waals surface area contributed by atoms with Crippen LogP contribution >= 0.6 is 0 Å². The molecule has 3 heteroatoms. The van der Waals surface area contributed by atoms with Crippen molar-refractivity contribution in [1.29, 1.82) is 0 Å². The molecule has 0 saturated heterocycles. The standard InChI is InChI=1S/C10H18O3/c1-4-7-9(11)8(5-2)10(12)13-6-3/h5,8-9,11H,2,4,6-7H2,1,3H3. The van der Waals surface area contributed by atoms with Gasteiger partial charge in [0.25, 0.3) is 0 Å². The summed E-state index contributed by atoms with van der Waals surface area (Å²) in [7, 11) is 0. The van der Waals surface area contributed by atoms with E-state index in [2.05, 4.69) is 6.58 Å². The number of ether oxygens (including phenoxy) is 1. The van der Waals surface area contributed by atoms with Crippen molar-refractivity contribution in [3.05, 3.63) is 12.7 Å². The van der Waals surface area contributed by atoms with Gasteiger partial charge < -0.3 is 9.84 Å². The number of carbonyl (C=O) groups excluding carboxylic acids is 1. The maximum absolute atomic E-state index is 11.2. The lowest BCUT2D eigenvalue weighted by molar-refractivity contribution is -0.149. The molecule has 0 heterocycles. The Kier molecular flexibility index (Phi) is 6.24. The second-order valence-electron chi connectivity index (χ2n) is 2.87. The van der Waals surface area contributed by atoms with Gasteiger partial charge in [-0.3, -0.25) is 4.79 Å². The summed E-state index contributed by atoms with van der Waals surface area (Å²) in [4.78, 5) is 11.2. The third kappa shape index (κ3) is 4.08. The van der Waals surface area contributed by atoms with Gasteiger partial charge in [0, 0.05) is 0 Å². The van der Waals surface area contributed by atoms with Crippen LogP contribution in [0.15, 0.2) is 12.7 Å². The van der Waals surface area contributed by atoms with Crippen LogP contribution in [0, 0.1) is 5.92 Å². The minimum Gasteiger partial charge on any atom is -0.465 e. The first-order chi connectivity index (χ1) is 6.17. The predicted molar refractivity (Wildman–Crippen MR) is 51.2 cm³/mol. The zero-order valence-electron chi connectivity index (χ0n) is 8.32. The van der Waals surface area contributed by atoms with Gasteiger partial charge in [-0.05, 0) is 13.3 Å². The molecule has 13 heavy (non-hydrogen) atoms. The molecule has 3 nitrogen and oxygen atoms in total. The fourth-order valence-corrected chi connectivity index (χ4v) is 1.12. The van der Waals surface area contributed by atoms with Crippen LogP contribution in [0.2, 0.25) is 0 Å². The number of esters is 1. The minimum absolute atomic E-state index is 0.335. The van der Waals surface area contributed by atoms with Crippen LogP contribution in [0.4, 0.5) is 0 Å². The van der Waals surface area contributed by atoms with Crippen LogP contribution in [0.5, 0.6) is 0 Å². The van der Waals surface area contributed by atoms with E-state index in [-0.39, 0.29) is 0 Å². The van der Waals surface area contributed by atoms with Gasteiger partial charge in [-0.1, -0.05) is 19.4 Å². The largest absolute Gasteiger partial charge is 0.465 e. The fraction of sp³-hybridized carbons (Fsp3) is 0.700. The summed E-state index contributed by atoms with van der Waals surface area (Å²) >= 11 is 0. The molecule has 0 aromatic carbocycles. The number of carbonyl (C=O) groups is 1. The van der Waals surface area contributed by atoms with Crippen molar-refractivity contribution in [2.75, 3.05) is 6.61 Å². The second-order valence-corrected chi connectivity index (χ2v) is 2.87. The van der Waals surface area contributed by atoms with E-state index in [9.17, 15) is 9.90 Å². The van der Waals surface area contributed by atoms with Crippen LogP contribution in [-0.2, 0) is 9.53 Å². The molecule has 0 spiro atoms. The Morgan fingerprint density at radius 1 is 1.62 bits per heavy atom. The Bertz CT molecular complexity index is 166. The maximum atomic E-state index is 11.2. The summed E-state index contributed by atoms with van der Waals surface area (Å²) in [5, 5.41) is 9.53.